The minimum atomic E-state index is -0.286. The van der Waals surface area contributed by atoms with Gasteiger partial charge in [-0.15, -0.1) is 0 Å². The zero-order valence-corrected chi connectivity index (χ0v) is 16.3. The lowest BCUT2D eigenvalue weighted by atomic mass is 9.97. The number of hydrogen-bond donors (Lipinski definition) is 1. The maximum atomic E-state index is 12.7. The lowest BCUT2D eigenvalue weighted by molar-refractivity contribution is 0.0846. The molecule has 1 N–H and O–H groups in total. The quantitative estimate of drug-likeness (QED) is 0.716. The second kappa shape index (κ2) is 7.44. The third-order valence-electron chi connectivity index (χ3n) is 5.50. The highest BCUT2D eigenvalue weighted by Crippen LogP contribution is 2.38. The lowest BCUT2D eigenvalue weighted by Gasteiger charge is -2.19. The Morgan fingerprint density at radius 1 is 1.07 bits per heavy atom. The van der Waals surface area contributed by atoms with Crippen LogP contribution in [0.4, 0.5) is 5.82 Å². The number of amides is 1. The molecule has 0 aromatic carbocycles. The smallest absolute Gasteiger partial charge is 0.275 e. The number of carbonyl (C=O) groups is 1. The van der Waals surface area contributed by atoms with Crippen molar-refractivity contribution >= 4 is 17.4 Å². The van der Waals surface area contributed by atoms with Gasteiger partial charge < -0.3 is 14.8 Å². The Hall–Kier alpha value is -3.00. The summed E-state index contributed by atoms with van der Waals surface area (Å²) >= 11 is 0. The van der Waals surface area contributed by atoms with Crippen LogP contribution in [0, 0.1) is 0 Å². The fourth-order valence-corrected chi connectivity index (χ4v) is 3.74. The molecule has 1 aliphatic heterocycles. The number of ether oxygens (including phenoxy) is 2. The van der Waals surface area contributed by atoms with Gasteiger partial charge in [-0.25, -0.2) is 9.97 Å². The Morgan fingerprint density at radius 3 is 2.62 bits per heavy atom. The molecule has 4 heterocycles. The van der Waals surface area contributed by atoms with Crippen LogP contribution in [-0.2, 0) is 4.74 Å². The molecule has 0 unspecified atom stereocenters. The van der Waals surface area contributed by atoms with Gasteiger partial charge in [0, 0.05) is 36.9 Å². The predicted molar refractivity (Wildman–Crippen MR) is 106 cm³/mol. The summed E-state index contributed by atoms with van der Waals surface area (Å²) in [5.74, 6) is 1.34. The number of pyridine rings is 1. The molecule has 150 valence electrons. The van der Waals surface area contributed by atoms with Crippen LogP contribution in [0.3, 0.4) is 0 Å². The van der Waals surface area contributed by atoms with Crippen molar-refractivity contribution < 1.29 is 14.3 Å². The number of aromatic nitrogens is 4. The first-order chi connectivity index (χ1) is 14.2. The molecule has 2 aliphatic rings. The van der Waals surface area contributed by atoms with E-state index in [0.29, 0.717) is 34.9 Å². The van der Waals surface area contributed by atoms with Gasteiger partial charge in [0.1, 0.15) is 5.69 Å². The number of nitrogens with one attached hydrogen (secondary N) is 1. The number of nitrogens with zero attached hydrogens (tertiary/aromatic N) is 4. The SMILES string of the molecule is COc1nc(NC(=O)c2cccc(C3CC3)n2)cn2cc(C3CCOCC3)nc12. The van der Waals surface area contributed by atoms with Crippen LogP contribution in [0.25, 0.3) is 5.65 Å². The molecule has 1 aliphatic carbocycles. The topological polar surface area (TPSA) is 90.6 Å². The average Bonchev–Trinajstić information content (AvgIpc) is 3.53. The van der Waals surface area contributed by atoms with E-state index in [9.17, 15) is 4.79 Å². The van der Waals surface area contributed by atoms with Crippen molar-refractivity contribution in [1.82, 2.24) is 19.4 Å². The second-order valence-corrected chi connectivity index (χ2v) is 7.59. The summed E-state index contributed by atoms with van der Waals surface area (Å²) < 4.78 is 12.7. The van der Waals surface area contributed by atoms with Crippen molar-refractivity contribution in [1.29, 1.82) is 0 Å². The van der Waals surface area contributed by atoms with Crippen molar-refractivity contribution in [3.8, 4) is 5.88 Å². The third-order valence-corrected chi connectivity index (χ3v) is 5.50. The predicted octanol–water partition coefficient (Wildman–Crippen LogP) is 3.16. The fraction of sp³-hybridized carbons (Fsp3) is 0.429. The molecular weight excluding hydrogens is 370 g/mol. The minimum absolute atomic E-state index is 0.286. The van der Waals surface area contributed by atoms with Crippen molar-refractivity contribution in [3.05, 3.63) is 47.7 Å². The molecule has 0 spiro atoms. The van der Waals surface area contributed by atoms with Crippen LogP contribution in [0.1, 0.15) is 59.4 Å². The highest BCUT2D eigenvalue weighted by Gasteiger charge is 2.26. The molecule has 1 saturated carbocycles. The molecule has 2 fully saturated rings. The van der Waals surface area contributed by atoms with E-state index >= 15 is 0 Å². The summed E-state index contributed by atoms with van der Waals surface area (Å²) in [6, 6.07) is 5.57. The molecule has 1 amide bonds. The summed E-state index contributed by atoms with van der Waals surface area (Å²) in [6.07, 6.45) is 7.93. The monoisotopic (exact) mass is 393 g/mol. The van der Waals surface area contributed by atoms with Crippen LogP contribution in [0.2, 0.25) is 0 Å². The first-order valence-corrected chi connectivity index (χ1v) is 10.0. The van der Waals surface area contributed by atoms with Crippen molar-refractivity contribution in [2.45, 2.75) is 37.5 Å². The molecule has 0 bridgehead atoms. The van der Waals surface area contributed by atoms with Crippen molar-refractivity contribution in [2.24, 2.45) is 0 Å². The van der Waals surface area contributed by atoms with Gasteiger partial charge in [-0.2, -0.15) is 4.98 Å². The Kier molecular flexibility index (Phi) is 4.63. The van der Waals surface area contributed by atoms with Crippen LogP contribution in [0.5, 0.6) is 5.88 Å². The first-order valence-electron chi connectivity index (χ1n) is 10.0. The summed E-state index contributed by atoms with van der Waals surface area (Å²) in [5.41, 5.74) is 3.01. The van der Waals surface area contributed by atoms with Crippen LogP contribution >= 0.6 is 0 Å². The molecular formula is C21H23N5O3. The molecule has 3 aromatic rings. The Morgan fingerprint density at radius 2 is 1.86 bits per heavy atom. The van der Waals surface area contributed by atoms with Gasteiger partial charge in [-0.3, -0.25) is 9.20 Å². The van der Waals surface area contributed by atoms with Gasteiger partial charge in [0.2, 0.25) is 5.65 Å². The molecule has 0 radical (unpaired) electrons. The lowest BCUT2D eigenvalue weighted by Crippen LogP contribution is -2.16. The Bertz CT molecular complexity index is 1050. The van der Waals surface area contributed by atoms with E-state index in [-0.39, 0.29) is 5.91 Å². The summed E-state index contributed by atoms with van der Waals surface area (Å²) in [6.45, 7) is 1.50. The Labute approximate surface area is 168 Å². The first kappa shape index (κ1) is 18.1. The van der Waals surface area contributed by atoms with Gasteiger partial charge in [0.15, 0.2) is 5.82 Å². The van der Waals surface area contributed by atoms with E-state index in [2.05, 4.69) is 15.3 Å². The minimum Gasteiger partial charge on any atom is -0.478 e. The summed E-state index contributed by atoms with van der Waals surface area (Å²) in [5, 5.41) is 2.84. The van der Waals surface area contributed by atoms with E-state index in [1.807, 2.05) is 22.7 Å². The molecule has 3 aromatic heterocycles. The second-order valence-electron chi connectivity index (χ2n) is 7.59. The van der Waals surface area contributed by atoms with E-state index in [1.165, 1.54) is 0 Å². The molecule has 1 saturated heterocycles. The van der Waals surface area contributed by atoms with Gasteiger partial charge in [-0.1, -0.05) is 6.07 Å². The average molecular weight is 393 g/mol. The van der Waals surface area contributed by atoms with Gasteiger partial charge in [0.05, 0.1) is 19.0 Å². The third kappa shape index (κ3) is 3.67. The van der Waals surface area contributed by atoms with Gasteiger partial charge in [-0.05, 0) is 37.8 Å². The largest absolute Gasteiger partial charge is 0.478 e. The maximum Gasteiger partial charge on any atom is 0.275 e. The van der Waals surface area contributed by atoms with Gasteiger partial charge in [0.25, 0.3) is 11.8 Å². The fourth-order valence-electron chi connectivity index (χ4n) is 3.74. The van der Waals surface area contributed by atoms with Crippen LogP contribution in [0.15, 0.2) is 30.6 Å². The van der Waals surface area contributed by atoms with E-state index in [0.717, 1.165) is 50.3 Å². The van der Waals surface area contributed by atoms with E-state index in [1.54, 1.807) is 19.4 Å². The number of methoxy groups -OCH3 is 1. The maximum absolute atomic E-state index is 12.7. The molecule has 29 heavy (non-hydrogen) atoms. The van der Waals surface area contributed by atoms with Gasteiger partial charge >= 0.3 is 0 Å². The number of rotatable bonds is 5. The molecule has 0 atom stereocenters. The number of anilines is 1. The van der Waals surface area contributed by atoms with Crippen LogP contribution in [-0.4, -0.2) is 45.6 Å². The number of fused-ring (bicyclic) bond motifs is 1. The number of imidazole rings is 1. The molecule has 5 rings (SSSR count). The van der Waals surface area contributed by atoms with E-state index in [4.69, 9.17) is 14.5 Å². The molecule has 8 heteroatoms. The molecule has 8 nitrogen and oxygen atoms in total. The number of hydrogen-bond acceptors (Lipinski definition) is 6. The van der Waals surface area contributed by atoms with Crippen LogP contribution < -0.4 is 10.1 Å². The zero-order valence-electron chi connectivity index (χ0n) is 16.3. The van der Waals surface area contributed by atoms with Crippen molar-refractivity contribution in [2.75, 3.05) is 25.6 Å². The van der Waals surface area contributed by atoms with Crippen molar-refractivity contribution in [3.63, 3.8) is 0 Å². The summed E-state index contributed by atoms with van der Waals surface area (Å²) in [7, 11) is 1.55. The normalized spacial score (nSPS) is 17.4. The highest BCUT2D eigenvalue weighted by atomic mass is 16.5. The Balaban J connectivity index is 1.42. The highest BCUT2D eigenvalue weighted by molar-refractivity contribution is 6.02. The van der Waals surface area contributed by atoms with E-state index < -0.39 is 0 Å². The standard InChI is InChI=1S/C21H23N5O3/c1-28-21-19-23-17(14-7-9-29-10-8-14)11-26(19)12-18(25-21)24-20(27)16-4-2-3-15(22-16)13-5-6-13/h2-4,11-14H,5-10H2,1H3,(H,24,27). The zero-order chi connectivity index (χ0) is 19.8. The summed E-state index contributed by atoms with van der Waals surface area (Å²) in [4.78, 5) is 26.3. The number of carbonyl (C=O) groups excluding carboxylic acids is 1.